The summed E-state index contributed by atoms with van der Waals surface area (Å²) in [5, 5.41) is 19.3. The highest BCUT2D eigenvalue weighted by Gasteiger charge is 2.14. The summed E-state index contributed by atoms with van der Waals surface area (Å²) in [7, 11) is 0. The van der Waals surface area contributed by atoms with Crippen molar-refractivity contribution in [2.75, 3.05) is 6.61 Å². The molecule has 5 nitrogen and oxygen atoms in total. The Bertz CT molecular complexity index is 424. The second kappa shape index (κ2) is 5.71. The first-order chi connectivity index (χ1) is 7.69. The van der Waals surface area contributed by atoms with Crippen molar-refractivity contribution in [3.8, 4) is 11.8 Å². The van der Waals surface area contributed by atoms with Crippen molar-refractivity contribution < 1.29 is 9.66 Å². The third-order valence-corrected chi connectivity index (χ3v) is 2.05. The first-order valence-corrected chi connectivity index (χ1v) is 5.00. The quantitative estimate of drug-likeness (QED) is 0.434. The van der Waals surface area contributed by atoms with E-state index >= 15 is 0 Å². The number of hydrogen-bond acceptors (Lipinski definition) is 4. The summed E-state index contributed by atoms with van der Waals surface area (Å²) in [6.07, 6.45) is 1.90. The molecule has 5 heteroatoms. The molecule has 0 radical (unpaired) electrons. The van der Waals surface area contributed by atoms with Crippen LogP contribution >= 0.6 is 0 Å². The molecular formula is C11H12N2O3. The molecule has 0 fully saturated rings. The molecule has 0 atom stereocenters. The van der Waals surface area contributed by atoms with E-state index in [2.05, 4.69) is 0 Å². The summed E-state index contributed by atoms with van der Waals surface area (Å²) in [5.41, 5.74) is -0.163. The highest BCUT2D eigenvalue weighted by molar-refractivity contribution is 5.52. The second-order valence-electron chi connectivity index (χ2n) is 3.25. The average molecular weight is 220 g/mol. The number of hydrogen-bond donors (Lipinski definition) is 0. The standard InChI is InChI=1S/C11H12N2O3/c1-2-3-6-16-10-5-4-9(8-12)11(7-10)13(14)15/h4-5,7H,2-3,6H2,1H3. The lowest BCUT2D eigenvalue weighted by atomic mass is 10.2. The van der Waals surface area contributed by atoms with Gasteiger partial charge in [0, 0.05) is 0 Å². The predicted molar refractivity (Wildman–Crippen MR) is 58.2 cm³/mol. The zero-order valence-corrected chi connectivity index (χ0v) is 8.97. The monoisotopic (exact) mass is 220 g/mol. The summed E-state index contributed by atoms with van der Waals surface area (Å²) in [6, 6.07) is 6.03. The number of nitro benzene ring substituents is 1. The van der Waals surface area contributed by atoms with Crippen LogP contribution in [0, 0.1) is 21.4 Å². The summed E-state index contributed by atoms with van der Waals surface area (Å²) in [4.78, 5) is 10.1. The van der Waals surface area contributed by atoms with Crippen LogP contribution in [0.4, 0.5) is 5.69 Å². The van der Waals surface area contributed by atoms with Crippen LogP contribution in [0.1, 0.15) is 25.3 Å². The number of ether oxygens (including phenoxy) is 1. The van der Waals surface area contributed by atoms with E-state index in [1.807, 2.05) is 6.92 Å². The minimum Gasteiger partial charge on any atom is -0.493 e. The fraction of sp³-hybridized carbons (Fsp3) is 0.364. The molecule has 0 heterocycles. The summed E-state index contributed by atoms with van der Waals surface area (Å²) in [5.74, 6) is 0.430. The molecule has 0 aliphatic heterocycles. The fourth-order valence-electron chi connectivity index (χ4n) is 1.18. The maximum absolute atomic E-state index is 10.7. The molecule has 0 N–H and O–H groups in total. The molecule has 1 aromatic rings. The van der Waals surface area contributed by atoms with E-state index in [0.717, 1.165) is 12.8 Å². The van der Waals surface area contributed by atoms with E-state index in [4.69, 9.17) is 10.00 Å². The Labute approximate surface area is 93.4 Å². The van der Waals surface area contributed by atoms with E-state index in [0.29, 0.717) is 12.4 Å². The number of unbranched alkanes of at least 4 members (excludes halogenated alkanes) is 1. The molecule has 0 aromatic heterocycles. The van der Waals surface area contributed by atoms with Crippen LogP contribution in [0.15, 0.2) is 18.2 Å². The normalized spacial score (nSPS) is 9.50. The summed E-state index contributed by atoms with van der Waals surface area (Å²) >= 11 is 0. The Morgan fingerprint density at radius 3 is 2.88 bits per heavy atom. The van der Waals surface area contributed by atoms with Crippen molar-refractivity contribution in [3.63, 3.8) is 0 Å². The van der Waals surface area contributed by atoms with Crippen molar-refractivity contribution in [1.82, 2.24) is 0 Å². The third kappa shape index (κ3) is 2.95. The van der Waals surface area contributed by atoms with E-state index in [1.165, 1.54) is 12.1 Å². The molecule has 0 aliphatic carbocycles. The van der Waals surface area contributed by atoms with Crippen molar-refractivity contribution in [2.45, 2.75) is 19.8 Å². The molecule has 0 saturated heterocycles. The lowest BCUT2D eigenvalue weighted by molar-refractivity contribution is -0.385. The molecule has 0 bridgehead atoms. The zero-order chi connectivity index (χ0) is 12.0. The largest absolute Gasteiger partial charge is 0.493 e. The van der Waals surface area contributed by atoms with Crippen LogP contribution in [0.2, 0.25) is 0 Å². The zero-order valence-electron chi connectivity index (χ0n) is 8.97. The van der Waals surface area contributed by atoms with Gasteiger partial charge in [0.05, 0.1) is 17.6 Å². The molecule has 1 aromatic carbocycles. The van der Waals surface area contributed by atoms with Gasteiger partial charge in [0.25, 0.3) is 5.69 Å². The van der Waals surface area contributed by atoms with Crippen LogP contribution < -0.4 is 4.74 Å². The highest BCUT2D eigenvalue weighted by Crippen LogP contribution is 2.24. The SMILES string of the molecule is CCCCOc1ccc(C#N)c([N+](=O)[O-])c1. The molecular weight excluding hydrogens is 208 g/mol. The molecule has 84 valence electrons. The van der Waals surface area contributed by atoms with Gasteiger partial charge in [-0.2, -0.15) is 5.26 Å². The number of rotatable bonds is 5. The van der Waals surface area contributed by atoms with Gasteiger partial charge in [-0.1, -0.05) is 13.3 Å². The van der Waals surface area contributed by atoms with Gasteiger partial charge in [-0.15, -0.1) is 0 Å². The molecule has 0 saturated carbocycles. The van der Waals surface area contributed by atoms with Crippen molar-refractivity contribution in [2.24, 2.45) is 0 Å². The molecule has 1 rings (SSSR count). The predicted octanol–water partition coefficient (Wildman–Crippen LogP) is 2.65. The first kappa shape index (κ1) is 12.0. The van der Waals surface area contributed by atoms with Crippen LogP contribution in [0.3, 0.4) is 0 Å². The number of benzene rings is 1. The number of nitro groups is 1. The van der Waals surface area contributed by atoms with E-state index in [9.17, 15) is 10.1 Å². The average Bonchev–Trinajstić information content (AvgIpc) is 2.29. The van der Waals surface area contributed by atoms with Crippen LogP contribution in [-0.4, -0.2) is 11.5 Å². The number of nitrogens with zero attached hydrogens (tertiary/aromatic N) is 2. The molecule has 0 spiro atoms. The summed E-state index contributed by atoms with van der Waals surface area (Å²) in [6.45, 7) is 2.56. The number of nitriles is 1. The molecule has 0 unspecified atom stereocenters. The van der Waals surface area contributed by atoms with Crippen LogP contribution in [-0.2, 0) is 0 Å². The van der Waals surface area contributed by atoms with Gasteiger partial charge in [-0.05, 0) is 18.6 Å². The Morgan fingerprint density at radius 1 is 1.56 bits per heavy atom. The van der Waals surface area contributed by atoms with E-state index in [1.54, 1.807) is 12.1 Å². The minimum absolute atomic E-state index is 0.0489. The Kier molecular flexibility index (Phi) is 4.28. The van der Waals surface area contributed by atoms with Gasteiger partial charge in [0.2, 0.25) is 0 Å². The van der Waals surface area contributed by atoms with Crippen molar-refractivity contribution >= 4 is 5.69 Å². The second-order valence-corrected chi connectivity index (χ2v) is 3.25. The minimum atomic E-state index is -0.578. The van der Waals surface area contributed by atoms with Gasteiger partial charge >= 0.3 is 0 Å². The fourth-order valence-corrected chi connectivity index (χ4v) is 1.18. The first-order valence-electron chi connectivity index (χ1n) is 5.00. The van der Waals surface area contributed by atoms with Crippen LogP contribution in [0.25, 0.3) is 0 Å². The Balaban J connectivity index is 2.86. The van der Waals surface area contributed by atoms with Gasteiger partial charge in [0.15, 0.2) is 0 Å². The van der Waals surface area contributed by atoms with E-state index in [-0.39, 0.29) is 11.3 Å². The summed E-state index contributed by atoms with van der Waals surface area (Å²) < 4.78 is 5.32. The molecule has 0 amide bonds. The van der Waals surface area contributed by atoms with Crippen molar-refractivity contribution in [1.29, 1.82) is 5.26 Å². The topological polar surface area (TPSA) is 76.2 Å². The Morgan fingerprint density at radius 2 is 2.31 bits per heavy atom. The van der Waals surface area contributed by atoms with Crippen molar-refractivity contribution in [3.05, 3.63) is 33.9 Å². The Hall–Kier alpha value is -2.09. The lowest BCUT2D eigenvalue weighted by Crippen LogP contribution is -1.98. The smallest absolute Gasteiger partial charge is 0.290 e. The van der Waals surface area contributed by atoms with Crippen LogP contribution in [0.5, 0.6) is 5.75 Å². The van der Waals surface area contributed by atoms with Gasteiger partial charge in [-0.3, -0.25) is 10.1 Å². The van der Waals surface area contributed by atoms with E-state index < -0.39 is 4.92 Å². The lowest BCUT2D eigenvalue weighted by Gasteiger charge is -2.05. The van der Waals surface area contributed by atoms with Gasteiger partial charge in [-0.25, -0.2) is 0 Å². The molecule has 0 aliphatic rings. The maximum Gasteiger partial charge on any atom is 0.290 e. The van der Waals surface area contributed by atoms with Gasteiger partial charge in [0.1, 0.15) is 17.4 Å². The van der Waals surface area contributed by atoms with Gasteiger partial charge < -0.3 is 4.74 Å². The third-order valence-electron chi connectivity index (χ3n) is 2.05. The molecule has 16 heavy (non-hydrogen) atoms. The highest BCUT2D eigenvalue weighted by atomic mass is 16.6. The maximum atomic E-state index is 10.7.